The summed E-state index contributed by atoms with van der Waals surface area (Å²) < 4.78 is 9.88. The lowest BCUT2D eigenvalue weighted by Crippen LogP contribution is -2.35. The number of rotatable bonds is 3. The van der Waals surface area contributed by atoms with Gasteiger partial charge in [-0.15, -0.1) is 0 Å². The zero-order valence-electron chi connectivity index (χ0n) is 6.99. The highest BCUT2D eigenvalue weighted by Crippen LogP contribution is 2.13. The van der Waals surface area contributed by atoms with Crippen LogP contribution in [0.2, 0.25) is 0 Å². The molecule has 1 saturated heterocycles. The van der Waals surface area contributed by atoms with Crippen LogP contribution in [0.3, 0.4) is 0 Å². The number of likely N-dealkylation sites (tertiary alicyclic amines) is 1. The third-order valence-corrected chi connectivity index (χ3v) is 2.03. The Morgan fingerprint density at radius 2 is 2.27 bits per heavy atom. The molecule has 4 heteroatoms. The van der Waals surface area contributed by atoms with Gasteiger partial charge in [0.25, 0.3) is 0 Å². The number of aliphatic hydroxyl groups excluding tert-OH is 1. The van der Waals surface area contributed by atoms with E-state index in [0.29, 0.717) is 0 Å². The van der Waals surface area contributed by atoms with Crippen molar-refractivity contribution >= 4 is 0 Å². The van der Waals surface area contributed by atoms with E-state index in [1.165, 1.54) is 7.11 Å². The molecule has 0 aromatic carbocycles. The van der Waals surface area contributed by atoms with Crippen molar-refractivity contribution in [3.05, 3.63) is 0 Å². The molecule has 0 saturated carbocycles. The maximum atomic E-state index is 9.22. The van der Waals surface area contributed by atoms with Crippen LogP contribution in [0.4, 0.5) is 0 Å². The zero-order chi connectivity index (χ0) is 8.27. The first kappa shape index (κ1) is 8.93. The maximum absolute atomic E-state index is 9.22. The molecule has 11 heavy (non-hydrogen) atoms. The van der Waals surface area contributed by atoms with E-state index in [1.54, 1.807) is 7.11 Å². The van der Waals surface area contributed by atoms with E-state index in [4.69, 9.17) is 9.47 Å². The minimum atomic E-state index is -0.768. The summed E-state index contributed by atoms with van der Waals surface area (Å²) in [4.78, 5) is 1.84. The second kappa shape index (κ2) is 4.01. The van der Waals surface area contributed by atoms with Gasteiger partial charge in [-0.3, -0.25) is 4.90 Å². The first-order valence-electron chi connectivity index (χ1n) is 3.75. The molecule has 0 spiro atoms. The van der Waals surface area contributed by atoms with Crippen molar-refractivity contribution in [1.29, 1.82) is 0 Å². The average Bonchev–Trinajstić information content (AvgIpc) is 2.50. The van der Waals surface area contributed by atoms with E-state index < -0.39 is 6.41 Å². The fourth-order valence-corrected chi connectivity index (χ4v) is 1.30. The molecule has 2 atom stereocenters. The van der Waals surface area contributed by atoms with E-state index in [9.17, 15) is 5.11 Å². The van der Waals surface area contributed by atoms with E-state index in [2.05, 4.69) is 0 Å². The highest BCUT2D eigenvalue weighted by Gasteiger charge is 2.26. The van der Waals surface area contributed by atoms with Crippen LogP contribution < -0.4 is 0 Å². The molecular weight excluding hydrogens is 146 g/mol. The Hall–Kier alpha value is -0.160. The molecule has 0 bridgehead atoms. The van der Waals surface area contributed by atoms with Crippen molar-refractivity contribution in [3.8, 4) is 0 Å². The van der Waals surface area contributed by atoms with Crippen molar-refractivity contribution in [2.45, 2.75) is 18.9 Å². The fraction of sp³-hybridized carbons (Fsp3) is 1.00. The molecule has 0 aromatic heterocycles. The van der Waals surface area contributed by atoms with Gasteiger partial charge in [0, 0.05) is 27.3 Å². The van der Waals surface area contributed by atoms with Crippen LogP contribution in [0.25, 0.3) is 0 Å². The Kier molecular flexibility index (Phi) is 3.26. The average molecular weight is 161 g/mol. The number of methoxy groups -OCH3 is 2. The van der Waals surface area contributed by atoms with Crippen molar-refractivity contribution < 1.29 is 14.6 Å². The van der Waals surface area contributed by atoms with Gasteiger partial charge in [0.1, 0.15) is 0 Å². The third-order valence-electron chi connectivity index (χ3n) is 2.03. The van der Waals surface area contributed by atoms with Gasteiger partial charge in [-0.1, -0.05) is 0 Å². The maximum Gasteiger partial charge on any atom is 0.215 e. The normalized spacial score (nSPS) is 29.2. The van der Waals surface area contributed by atoms with Crippen LogP contribution in [0.1, 0.15) is 6.42 Å². The molecule has 1 aliphatic heterocycles. The van der Waals surface area contributed by atoms with Crippen LogP contribution in [0.15, 0.2) is 0 Å². The van der Waals surface area contributed by atoms with Crippen LogP contribution in [0.5, 0.6) is 0 Å². The quantitative estimate of drug-likeness (QED) is 0.573. The lowest BCUT2D eigenvalue weighted by molar-refractivity contribution is -0.171. The van der Waals surface area contributed by atoms with E-state index in [-0.39, 0.29) is 6.10 Å². The van der Waals surface area contributed by atoms with Gasteiger partial charge in [-0.25, -0.2) is 0 Å². The Bertz CT molecular complexity index is 120. The van der Waals surface area contributed by atoms with Crippen LogP contribution in [-0.2, 0) is 9.47 Å². The van der Waals surface area contributed by atoms with Gasteiger partial charge in [-0.05, 0) is 6.42 Å². The molecule has 66 valence electrons. The zero-order valence-corrected chi connectivity index (χ0v) is 6.99. The second-order valence-corrected chi connectivity index (χ2v) is 2.70. The molecule has 0 amide bonds. The summed E-state index contributed by atoms with van der Waals surface area (Å²) in [6, 6.07) is 0. The minimum absolute atomic E-state index is 0.250. The van der Waals surface area contributed by atoms with Crippen molar-refractivity contribution in [1.82, 2.24) is 4.90 Å². The van der Waals surface area contributed by atoms with Gasteiger partial charge in [0.2, 0.25) is 6.41 Å². The summed E-state index contributed by atoms with van der Waals surface area (Å²) in [6.45, 7) is 1.60. The SMILES string of the molecule is COC1CCN(C(O)OC)C1. The van der Waals surface area contributed by atoms with Crippen molar-refractivity contribution in [2.75, 3.05) is 27.3 Å². The number of aliphatic hydroxyl groups is 1. The highest BCUT2D eigenvalue weighted by molar-refractivity contribution is 4.74. The number of nitrogens with zero attached hydrogens (tertiary/aromatic N) is 1. The second-order valence-electron chi connectivity index (χ2n) is 2.70. The van der Waals surface area contributed by atoms with Gasteiger partial charge in [-0.2, -0.15) is 0 Å². The van der Waals surface area contributed by atoms with E-state index in [1.807, 2.05) is 4.90 Å². The summed E-state index contributed by atoms with van der Waals surface area (Å²) in [5.41, 5.74) is 0. The van der Waals surface area contributed by atoms with Gasteiger partial charge < -0.3 is 14.6 Å². The minimum Gasteiger partial charge on any atom is -0.380 e. The predicted molar refractivity (Wildman–Crippen MR) is 40.0 cm³/mol. The molecule has 1 N–H and O–H groups in total. The summed E-state index contributed by atoms with van der Waals surface area (Å²) >= 11 is 0. The number of hydrogen-bond acceptors (Lipinski definition) is 4. The largest absolute Gasteiger partial charge is 0.380 e. The molecule has 2 unspecified atom stereocenters. The molecule has 1 heterocycles. The molecule has 1 rings (SSSR count). The highest BCUT2D eigenvalue weighted by atomic mass is 16.6. The number of ether oxygens (including phenoxy) is 2. The van der Waals surface area contributed by atoms with E-state index >= 15 is 0 Å². The molecule has 4 nitrogen and oxygen atoms in total. The molecule has 0 aliphatic carbocycles. The standard InChI is InChI=1S/C7H15NO3/c1-10-6-3-4-8(5-6)7(9)11-2/h6-7,9H,3-5H2,1-2H3. The third kappa shape index (κ3) is 2.13. The van der Waals surface area contributed by atoms with E-state index in [0.717, 1.165) is 19.5 Å². The number of hydrogen-bond donors (Lipinski definition) is 1. The molecule has 0 aromatic rings. The first-order valence-corrected chi connectivity index (χ1v) is 3.75. The monoisotopic (exact) mass is 161 g/mol. The smallest absolute Gasteiger partial charge is 0.215 e. The summed E-state index contributed by atoms with van der Waals surface area (Å²) in [7, 11) is 3.18. The van der Waals surface area contributed by atoms with Crippen LogP contribution >= 0.6 is 0 Å². The van der Waals surface area contributed by atoms with Crippen LogP contribution in [0, 0.1) is 0 Å². The van der Waals surface area contributed by atoms with Gasteiger partial charge in [0.05, 0.1) is 6.10 Å². The van der Waals surface area contributed by atoms with Crippen LogP contribution in [-0.4, -0.2) is 49.8 Å². The Balaban J connectivity index is 2.29. The molecule has 1 fully saturated rings. The molecule has 1 aliphatic rings. The molecule has 0 radical (unpaired) electrons. The predicted octanol–water partition coefficient (Wildman–Crippen LogP) is -0.371. The summed E-state index contributed by atoms with van der Waals surface area (Å²) in [6.07, 6.45) is 0.451. The Labute approximate surface area is 66.7 Å². The Morgan fingerprint density at radius 3 is 2.73 bits per heavy atom. The topological polar surface area (TPSA) is 41.9 Å². The van der Waals surface area contributed by atoms with Crippen molar-refractivity contribution in [3.63, 3.8) is 0 Å². The van der Waals surface area contributed by atoms with Crippen molar-refractivity contribution in [2.24, 2.45) is 0 Å². The van der Waals surface area contributed by atoms with Gasteiger partial charge in [0.15, 0.2) is 0 Å². The summed E-state index contributed by atoms with van der Waals surface area (Å²) in [5.74, 6) is 0. The van der Waals surface area contributed by atoms with Gasteiger partial charge >= 0.3 is 0 Å². The lowest BCUT2D eigenvalue weighted by Gasteiger charge is -2.20. The fourth-order valence-electron chi connectivity index (χ4n) is 1.30. The summed E-state index contributed by atoms with van der Waals surface area (Å²) in [5, 5.41) is 9.22. The Morgan fingerprint density at radius 1 is 1.55 bits per heavy atom. The first-order chi connectivity index (χ1) is 5.27. The molecular formula is C7H15NO3. The lowest BCUT2D eigenvalue weighted by atomic mass is 10.3.